The van der Waals surface area contributed by atoms with E-state index in [0.717, 1.165) is 25.8 Å². The van der Waals surface area contributed by atoms with Gasteiger partial charge < -0.3 is 15.5 Å². The van der Waals surface area contributed by atoms with E-state index in [1.165, 1.54) is 0 Å². The van der Waals surface area contributed by atoms with Gasteiger partial charge in [0, 0.05) is 19.1 Å². The fraction of sp³-hybridized carbons (Fsp3) is 0.875. The first-order chi connectivity index (χ1) is 10.9. The third kappa shape index (κ3) is 3.66. The van der Waals surface area contributed by atoms with E-state index in [1.807, 2.05) is 4.90 Å². The Labute approximate surface area is 135 Å². The Morgan fingerprint density at radius 2 is 1.78 bits per heavy atom. The minimum absolute atomic E-state index is 0.107. The molecular formula is C16H25FN2O4. The molecule has 0 aromatic carbocycles. The minimum Gasteiger partial charge on any atom is -0.481 e. The molecule has 3 N–H and O–H groups in total. The van der Waals surface area contributed by atoms with Gasteiger partial charge in [0.2, 0.25) is 0 Å². The Bertz CT molecular complexity index is 475. The number of nitrogens with one attached hydrogen (secondary N) is 1. The summed E-state index contributed by atoms with van der Waals surface area (Å²) in [5.74, 6) is -1.53. The first-order valence-corrected chi connectivity index (χ1v) is 8.51. The van der Waals surface area contributed by atoms with Crippen molar-refractivity contribution in [1.82, 2.24) is 10.2 Å². The van der Waals surface area contributed by atoms with Crippen molar-refractivity contribution in [1.29, 1.82) is 0 Å². The highest BCUT2D eigenvalue weighted by atomic mass is 19.1. The average Bonchev–Trinajstić information content (AvgIpc) is 2.53. The third-order valence-corrected chi connectivity index (χ3v) is 5.87. The Hall–Kier alpha value is -1.21. The maximum atomic E-state index is 13.9. The van der Waals surface area contributed by atoms with Crippen LogP contribution in [0.2, 0.25) is 0 Å². The first kappa shape index (κ1) is 16.6. The highest BCUT2D eigenvalue weighted by molar-refractivity contribution is 5.73. The van der Waals surface area contributed by atoms with Gasteiger partial charge in [0.05, 0.1) is 5.92 Å². The van der Waals surface area contributed by atoms with Gasteiger partial charge >= 0.3 is 11.9 Å². The molecule has 0 unspecified atom stereocenters. The molecular weight excluding hydrogens is 303 g/mol. The maximum Gasteiger partial charge on any atom is 0.320 e. The second kappa shape index (κ2) is 6.73. The van der Waals surface area contributed by atoms with Crippen molar-refractivity contribution in [3.05, 3.63) is 0 Å². The van der Waals surface area contributed by atoms with Gasteiger partial charge in [-0.2, -0.15) is 0 Å². The summed E-state index contributed by atoms with van der Waals surface area (Å²) in [5.41, 5.74) is 0. The summed E-state index contributed by atoms with van der Waals surface area (Å²) in [6.07, 6.45) is 2.44. The third-order valence-electron chi connectivity index (χ3n) is 5.87. The van der Waals surface area contributed by atoms with E-state index in [-0.39, 0.29) is 12.5 Å². The van der Waals surface area contributed by atoms with Gasteiger partial charge in [-0.3, -0.25) is 14.5 Å². The van der Waals surface area contributed by atoms with E-state index in [1.54, 1.807) is 0 Å². The molecule has 6 atom stereocenters. The summed E-state index contributed by atoms with van der Waals surface area (Å²) in [4.78, 5) is 24.4. The Morgan fingerprint density at radius 1 is 1.00 bits per heavy atom. The molecule has 3 rings (SSSR count). The number of aliphatic carboxylic acids is 2. The van der Waals surface area contributed by atoms with Crippen LogP contribution < -0.4 is 5.32 Å². The molecule has 0 spiro atoms. The summed E-state index contributed by atoms with van der Waals surface area (Å²) in [6.45, 7) is 1.46. The standard InChI is InChI=1S/C16H25FN2O4/c17-12-3-11(15(20)21)7-19(8-12)13-2-1-9-6-18-14(16(22)23)5-10(9)4-13/h9-14,18H,1-8H2,(H,20,21)(H,22,23)/t9-,10+,11+,12+,13-,14-/m0/s1. The summed E-state index contributed by atoms with van der Waals surface area (Å²) < 4.78 is 13.9. The molecule has 2 aliphatic heterocycles. The molecule has 2 heterocycles. The molecule has 0 radical (unpaired) electrons. The molecule has 2 saturated heterocycles. The molecule has 23 heavy (non-hydrogen) atoms. The molecule has 130 valence electrons. The number of nitrogens with zero attached hydrogens (tertiary/aromatic N) is 1. The van der Waals surface area contributed by atoms with Crippen LogP contribution in [0.4, 0.5) is 4.39 Å². The number of halogens is 1. The molecule has 3 aliphatic rings. The zero-order chi connectivity index (χ0) is 16.6. The van der Waals surface area contributed by atoms with Gasteiger partial charge in [-0.05, 0) is 50.5 Å². The van der Waals surface area contributed by atoms with Crippen molar-refractivity contribution in [3.63, 3.8) is 0 Å². The average molecular weight is 328 g/mol. The lowest BCUT2D eigenvalue weighted by molar-refractivity contribution is -0.146. The van der Waals surface area contributed by atoms with Crippen LogP contribution in [0.25, 0.3) is 0 Å². The van der Waals surface area contributed by atoms with Crippen LogP contribution in [0.3, 0.4) is 0 Å². The second-order valence-electron chi connectivity index (χ2n) is 7.34. The monoisotopic (exact) mass is 328 g/mol. The fourth-order valence-corrected chi connectivity index (χ4v) is 4.61. The van der Waals surface area contributed by atoms with Gasteiger partial charge in [0.1, 0.15) is 12.2 Å². The summed E-state index contributed by atoms with van der Waals surface area (Å²) in [7, 11) is 0. The van der Waals surface area contributed by atoms with Crippen molar-refractivity contribution in [2.75, 3.05) is 19.6 Å². The number of carboxylic acid groups (broad SMARTS) is 2. The Morgan fingerprint density at radius 3 is 2.48 bits per heavy atom. The number of carbonyl (C=O) groups is 2. The predicted octanol–water partition coefficient (Wildman–Crippen LogP) is 0.962. The lowest BCUT2D eigenvalue weighted by atomic mass is 9.71. The highest BCUT2D eigenvalue weighted by Crippen LogP contribution is 2.38. The smallest absolute Gasteiger partial charge is 0.320 e. The molecule has 1 saturated carbocycles. The van der Waals surface area contributed by atoms with Crippen molar-refractivity contribution in [2.45, 2.75) is 50.4 Å². The maximum absolute atomic E-state index is 13.9. The van der Waals surface area contributed by atoms with E-state index in [4.69, 9.17) is 0 Å². The summed E-state index contributed by atoms with van der Waals surface area (Å²) in [5, 5.41) is 21.5. The molecule has 7 heteroatoms. The largest absolute Gasteiger partial charge is 0.481 e. The van der Waals surface area contributed by atoms with E-state index in [9.17, 15) is 24.2 Å². The van der Waals surface area contributed by atoms with Crippen LogP contribution in [0, 0.1) is 17.8 Å². The Balaban J connectivity index is 1.63. The molecule has 1 aliphatic carbocycles. The number of likely N-dealkylation sites (tertiary alicyclic amines) is 1. The number of hydrogen-bond donors (Lipinski definition) is 3. The zero-order valence-corrected chi connectivity index (χ0v) is 13.2. The van der Waals surface area contributed by atoms with E-state index in [2.05, 4.69) is 5.32 Å². The van der Waals surface area contributed by atoms with E-state index >= 15 is 0 Å². The highest BCUT2D eigenvalue weighted by Gasteiger charge is 2.41. The van der Waals surface area contributed by atoms with Crippen molar-refractivity contribution in [3.8, 4) is 0 Å². The van der Waals surface area contributed by atoms with Crippen LogP contribution in [0.5, 0.6) is 0 Å². The van der Waals surface area contributed by atoms with Crippen LogP contribution in [-0.4, -0.2) is 64.9 Å². The molecule has 0 amide bonds. The van der Waals surface area contributed by atoms with Crippen LogP contribution in [0.1, 0.15) is 32.1 Å². The topological polar surface area (TPSA) is 89.9 Å². The molecule has 0 bridgehead atoms. The van der Waals surface area contributed by atoms with Crippen LogP contribution >= 0.6 is 0 Å². The number of hydrogen-bond acceptors (Lipinski definition) is 4. The molecule has 3 fully saturated rings. The van der Waals surface area contributed by atoms with Crippen molar-refractivity contribution < 1.29 is 24.2 Å². The van der Waals surface area contributed by atoms with Gasteiger partial charge in [-0.25, -0.2) is 4.39 Å². The molecule has 0 aromatic heterocycles. The first-order valence-electron chi connectivity index (χ1n) is 8.51. The number of alkyl halides is 1. The normalized spacial score (nSPS) is 42.0. The molecule has 0 aromatic rings. The number of rotatable bonds is 3. The van der Waals surface area contributed by atoms with Gasteiger partial charge in [-0.1, -0.05) is 0 Å². The summed E-state index contributed by atoms with van der Waals surface area (Å²) >= 11 is 0. The number of piperidine rings is 2. The van der Waals surface area contributed by atoms with Crippen LogP contribution in [-0.2, 0) is 9.59 Å². The Kier molecular flexibility index (Phi) is 4.87. The lowest BCUT2D eigenvalue weighted by Crippen LogP contribution is -2.54. The second-order valence-corrected chi connectivity index (χ2v) is 7.34. The van der Waals surface area contributed by atoms with E-state index in [0.29, 0.717) is 31.3 Å². The van der Waals surface area contributed by atoms with E-state index < -0.39 is 30.1 Å². The SMILES string of the molecule is O=C(O)[C@@H]1C[C@@H](F)CN([C@H]2CC[C@H]3CN[C@H](C(=O)O)C[C@H]3C2)C1. The fourth-order valence-electron chi connectivity index (χ4n) is 4.61. The van der Waals surface area contributed by atoms with Crippen molar-refractivity contribution >= 4 is 11.9 Å². The van der Waals surface area contributed by atoms with Crippen LogP contribution in [0.15, 0.2) is 0 Å². The van der Waals surface area contributed by atoms with Gasteiger partial charge in [-0.15, -0.1) is 0 Å². The number of carboxylic acids is 2. The predicted molar refractivity (Wildman–Crippen MR) is 80.9 cm³/mol. The lowest BCUT2D eigenvalue weighted by Gasteiger charge is -2.46. The van der Waals surface area contributed by atoms with Gasteiger partial charge in [0.25, 0.3) is 0 Å². The summed E-state index contributed by atoms with van der Waals surface area (Å²) in [6, 6.07) is -0.304. The van der Waals surface area contributed by atoms with Gasteiger partial charge in [0.15, 0.2) is 0 Å². The van der Waals surface area contributed by atoms with Crippen molar-refractivity contribution in [2.24, 2.45) is 17.8 Å². The zero-order valence-electron chi connectivity index (χ0n) is 13.2. The molecule has 6 nitrogen and oxygen atoms in total. The quantitative estimate of drug-likeness (QED) is 0.715. The minimum atomic E-state index is -1.08. The number of fused-ring (bicyclic) bond motifs is 1.